The number of hydrogen-bond donors (Lipinski definition) is 4. The van der Waals surface area contributed by atoms with Crippen LogP contribution in [0.3, 0.4) is 0 Å². The molecule has 33 heavy (non-hydrogen) atoms. The number of nitrogens with one attached hydrogen (secondary N) is 2. The van der Waals surface area contributed by atoms with E-state index in [-0.39, 0.29) is 18.2 Å². The molecule has 1 aromatic heterocycles. The maximum atomic E-state index is 13.1. The second-order valence-corrected chi connectivity index (χ2v) is 10.7. The minimum atomic E-state index is -0.846. The van der Waals surface area contributed by atoms with Crippen LogP contribution in [-0.4, -0.2) is 50.3 Å². The Balaban J connectivity index is 1.25. The van der Waals surface area contributed by atoms with Crippen LogP contribution in [-0.2, 0) is 4.79 Å². The van der Waals surface area contributed by atoms with Gasteiger partial charge >= 0.3 is 0 Å². The van der Waals surface area contributed by atoms with Gasteiger partial charge in [-0.15, -0.1) is 11.3 Å². The smallest absolute Gasteiger partial charge is 0.280 e. The monoisotopic (exact) mass is 491 g/mol. The van der Waals surface area contributed by atoms with Crippen LogP contribution in [0.4, 0.5) is 0 Å². The van der Waals surface area contributed by atoms with Crippen LogP contribution in [0, 0.1) is 6.92 Å². The van der Waals surface area contributed by atoms with Crippen LogP contribution in [0.25, 0.3) is 0 Å². The minimum Gasteiger partial charge on any atom is -0.480 e. The van der Waals surface area contributed by atoms with E-state index in [4.69, 9.17) is 16.3 Å². The Hall–Kier alpha value is -2.20. The fourth-order valence-corrected chi connectivity index (χ4v) is 6.19. The van der Waals surface area contributed by atoms with Gasteiger partial charge < -0.3 is 25.6 Å². The molecule has 0 spiro atoms. The lowest BCUT2D eigenvalue weighted by Gasteiger charge is -2.56. The van der Waals surface area contributed by atoms with Crippen molar-refractivity contribution in [3.05, 3.63) is 44.9 Å². The molecule has 3 fully saturated rings. The van der Waals surface area contributed by atoms with E-state index in [1.54, 1.807) is 18.2 Å². The Morgan fingerprint density at radius 2 is 1.97 bits per heavy atom. The van der Waals surface area contributed by atoms with Gasteiger partial charge in [0.1, 0.15) is 5.75 Å². The van der Waals surface area contributed by atoms with E-state index in [2.05, 4.69) is 15.6 Å². The molecule has 2 amide bonds. The number of aryl methyl sites for hydroxylation is 1. The molecule has 4 N–H and O–H groups in total. The largest absolute Gasteiger partial charge is 0.480 e. The number of fused-ring (bicyclic) bond motifs is 4. The minimum absolute atomic E-state index is 0.130. The predicted octanol–water partition coefficient (Wildman–Crippen LogP) is 2.65. The molecule has 3 aliphatic carbocycles. The molecule has 1 aliphatic heterocycles. The van der Waals surface area contributed by atoms with Gasteiger partial charge in [0.2, 0.25) is 0 Å². The van der Waals surface area contributed by atoms with Crippen molar-refractivity contribution in [1.29, 1.82) is 0 Å². The number of rotatable bonds is 4. The van der Waals surface area contributed by atoms with Gasteiger partial charge in [-0.25, -0.2) is 4.98 Å². The van der Waals surface area contributed by atoms with Crippen molar-refractivity contribution in [2.45, 2.75) is 74.8 Å². The summed E-state index contributed by atoms with van der Waals surface area (Å²) in [5.41, 5.74) is 0.0956. The first-order chi connectivity index (χ1) is 15.7. The van der Waals surface area contributed by atoms with Crippen LogP contribution in [0.2, 0.25) is 5.02 Å². The SMILES string of the molecule is Cc1csc(C(=O)NC23CCC(NC(=O)[C@H]4C[C@@H](O)c5cc(Cl)ccc5O4)(CC2)C[C@H]3O)n1. The zero-order chi connectivity index (χ0) is 23.4. The molecular formula is C23H26ClN3O5S. The summed E-state index contributed by atoms with van der Waals surface area (Å²) < 4.78 is 5.86. The molecule has 0 unspecified atom stereocenters. The number of thiazole rings is 1. The number of aromatic nitrogens is 1. The number of nitrogens with zero attached hydrogens (tertiary/aromatic N) is 1. The van der Waals surface area contributed by atoms with E-state index >= 15 is 0 Å². The molecule has 176 valence electrons. The van der Waals surface area contributed by atoms with Crippen LogP contribution in [0.1, 0.15) is 65.7 Å². The number of halogens is 1. The topological polar surface area (TPSA) is 121 Å². The fourth-order valence-electron chi connectivity index (χ4n) is 5.32. The number of aliphatic hydroxyl groups excluding tert-OH is 2. The average molecular weight is 492 g/mol. The van der Waals surface area contributed by atoms with Gasteiger partial charge in [0.15, 0.2) is 11.1 Å². The Kier molecular flexibility index (Phi) is 5.63. The molecule has 1 aromatic carbocycles. The van der Waals surface area contributed by atoms with Crippen molar-refractivity contribution in [2.24, 2.45) is 0 Å². The van der Waals surface area contributed by atoms with Crippen LogP contribution >= 0.6 is 22.9 Å². The molecule has 2 aromatic rings. The van der Waals surface area contributed by atoms with E-state index in [1.165, 1.54) is 11.3 Å². The number of amides is 2. The zero-order valence-electron chi connectivity index (χ0n) is 18.1. The highest BCUT2D eigenvalue weighted by Gasteiger charge is 2.56. The maximum absolute atomic E-state index is 13.1. The molecule has 3 saturated carbocycles. The number of hydrogen-bond acceptors (Lipinski definition) is 7. The van der Waals surface area contributed by atoms with Gasteiger partial charge in [-0.2, -0.15) is 0 Å². The number of carbonyl (C=O) groups excluding carboxylic acids is 2. The molecule has 0 saturated heterocycles. The maximum Gasteiger partial charge on any atom is 0.280 e. The molecule has 10 heteroatoms. The number of carbonyl (C=O) groups is 2. The summed E-state index contributed by atoms with van der Waals surface area (Å²) in [5.74, 6) is -0.130. The van der Waals surface area contributed by atoms with Crippen LogP contribution in [0.15, 0.2) is 23.6 Å². The Labute approximate surface area is 200 Å². The summed E-state index contributed by atoms with van der Waals surface area (Å²) in [6.07, 6.45) is 0.389. The van der Waals surface area contributed by atoms with Gasteiger partial charge in [0, 0.05) is 33.6 Å². The van der Waals surface area contributed by atoms with Crippen LogP contribution < -0.4 is 15.4 Å². The molecule has 6 rings (SSSR count). The molecule has 2 bridgehead atoms. The third kappa shape index (κ3) is 4.12. The third-order valence-electron chi connectivity index (χ3n) is 7.22. The van der Waals surface area contributed by atoms with Gasteiger partial charge in [0.05, 0.1) is 17.7 Å². The van der Waals surface area contributed by atoms with Crippen molar-refractivity contribution in [3.63, 3.8) is 0 Å². The first kappa shape index (κ1) is 22.6. The molecular weight excluding hydrogens is 466 g/mol. The lowest BCUT2D eigenvalue weighted by Crippen LogP contribution is -2.70. The molecule has 0 radical (unpaired) electrons. The first-order valence-corrected chi connectivity index (χ1v) is 12.3. The first-order valence-electron chi connectivity index (χ1n) is 11.1. The summed E-state index contributed by atoms with van der Waals surface area (Å²) in [4.78, 5) is 30.0. The summed E-state index contributed by atoms with van der Waals surface area (Å²) in [5, 5.41) is 30.3. The van der Waals surface area contributed by atoms with E-state index < -0.39 is 29.4 Å². The van der Waals surface area contributed by atoms with E-state index in [0.717, 1.165) is 5.69 Å². The molecule has 8 nitrogen and oxygen atoms in total. The molecule has 2 heterocycles. The van der Waals surface area contributed by atoms with Gasteiger partial charge in [-0.3, -0.25) is 9.59 Å². The Morgan fingerprint density at radius 3 is 2.64 bits per heavy atom. The summed E-state index contributed by atoms with van der Waals surface area (Å²) in [6.45, 7) is 1.83. The van der Waals surface area contributed by atoms with E-state index in [0.29, 0.717) is 53.4 Å². The second kappa shape index (κ2) is 8.23. The normalized spacial score (nSPS) is 32.5. The summed E-state index contributed by atoms with van der Waals surface area (Å²) in [6, 6.07) is 4.96. The van der Waals surface area contributed by atoms with Crippen molar-refractivity contribution >= 4 is 34.8 Å². The van der Waals surface area contributed by atoms with E-state index in [1.807, 2.05) is 12.3 Å². The number of benzene rings is 1. The Bertz CT molecular complexity index is 1100. The quantitative estimate of drug-likeness (QED) is 0.522. The summed E-state index contributed by atoms with van der Waals surface area (Å²) in [7, 11) is 0. The van der Waals surface area contributed by atoms with E-state index in [9.17, 15) is 19.8 Å². The zero-order valence-corrected chi connectivity index (χ0v) is 19.7. The lowest BCUT2D eigenvalue weighted by molar-refractivity contribution is -0.136. The standard InChI is InChI=1S/C23H26ClN3O5S/c1-12-11-33-21(25-12)20(31)27-23-6-4-22(5-7-23,10-18(23)29)26-19(30)17-9-15(28)14-8-13(24)2-3-16(14)32-17/h2-3,8,11,15,17-18,28-29H,4-7,9-10H2,1H3,(H,26,30)(H,27,31)/t15-,17-,18-,22?,23?/m1/s1. The highest BCUT2D eigenvalue weighted by atomic mass is 35.5. The van der Waals surface area contributed by atoms with Crippen molar-refractivity contribution in [3.8, 4) is 5.75 Å². The molecule has 3 atom stereocenters. The average Bonchev–Trinajstić information content (AvgIpc) is 3.22. The highest BCUT2D eigenvalue weighted by molar-refractivity contribution is 7.11. The van der Waals surface area contributed by atoms with Gasteiger partial charge in [-0.05, 0) is 57.2 Å². The van der Waals surface area contributed by atoms with Crippen LogP contribution in [0.5, 0.6) is 5.75 Å². The van der Waals surface area contributed by atoms with Crippen molar-refractivity contribution in [1.82, 2.24) is 15.6 Å². The highest BCUT2D eigenvalue weighted by Crippen LogP contribution is 2.47. The molecule has 4 aliphatic rings. The second-order valence-electron chi connectivity index (χ2n) is 9.43. The fraction of sp³-hybridized carbons (Fsp3) is 0.522. The van der Waals surface area contributed by atoms with Gasteiger partial charge in [-0.1, -0.05) is 11.6 Å². The van der Waals surface area contributed by atoms with Gasteiger partial charge in [0.25, 0.3) is 11.8 Å². The van der Waals surface area contributed by atoms with Crippen molar-refractivity contribution in [2.75, 3.05) is 0 Å². The van der Waals surface area contributed by atoms with Crippen molar-refractivity contribution < 1.29 is 24.5 Å². The lowest BCUT2D eigenvalue weighted by atomic mass is 9.59. The Morgan fingerprint density at radius 1 is 1.21 bits per heavy atom. The summed E-state index contributed by atoms with van der Waals surface area (Å²) >= 11 is 7.29. The predicted molar refractivity (Wildman–Crippen MR) is 122 cm³/mol. The number of aliphatic hydroxyl groups is 2. The third-order valence-corrected chi connectivity index (χ3v) is 8.41. The number of ether oxygens (including phenoxy) is 1.